The van der Waals surface area contributed by atoms with Crippen molar-refractivity contribution in [3.63, 3.8) is 0 Å². The van der Waals surface area contributed by atoms with Gasteiger partial charge in [-0.25, -0.2) is 9.37 Å². The molecule has 4 nitrogen and oxygen atoms in total. The maximum absolute atomic E-state index is 14.2. The van der Waals surface area contributed by atoms with Crippen LogP contribution >= 0.6 is 0 Å². The van der Waals surface area contributed by atoms with Crippen molar-refractivity contribution in [2.75, 3.05) is 0 Å². The van der Waals surface area contributed by atoms with E-state index in [4.69, 9.17) is 4.74 Å². The fraction of sp³-hybridized carbons (Fsp3) is 0.111. The van der Waals surface area contributed by atoms with Gasteiger partial charge in [-0.1, -0.05) is 30.3 Å². The predicted molar refractivity (Wildman–Crippen MR) is 83.8 cm³/mol. The lowest BCUT2D eigenvalue weighted by Gasteiger charge is -2.08. The van der Waals surface area contributed by atoms with Crippen molar-refractivity contribution in [3.8, 4) is 5.75 Å². The normalized spacial score (nSPS) is 10.5. The van der Waals surface area contributed by atoms with Crippen LogP contribution in [0.15, 0.2) is 60.9 Å². The number of carbonyl (C=O) groups excluding carboxylic acids is 1. The zero-order valence-electron chi connectivity index (χ0n) is 12.6. The molecule has 0 fully saturated rings. The zero-order valence-corrected chi connectivity index (χ0v) is 12.6. The number of hydrogen-bond donors (Lipinski definition) is 0. The minimum Gasteiger partial charge on any atom is -0.489 e. The Morgan fingerprint density at radius 2 is 2.00 bits per heavy atom. The zero-order chi connectivity index (χ0) is 16.2. The molecule has 1 heterocycles. The molecule has 0 unspecified atom stereocenters. The molecule has 0 saturated heterocycles. The molecule has 0 N–H and O–H groups in total. The van der Waals surface area contributed by atoms with E-state index < -0.39 is 11.6 Å². The molecule has 0 bridgehead atoms. The molecule has 0 radical (unpaired) electrons. The number of aryl methyl sites for hydroxylation is 1. The third kappa shape index (κ3) is 3.29. The number of nitrogens with zero attached hydrogens (tertiary/aromatic N) is 2. The second-order valence-corrected chi connectivity index (χ2v) is 5.11. The average Bonchev–Trinajstić information content (AvgIpc) is 2.99. The highest BCUT2D eigenvalue weighted by molar-refractivity contribution is 6.06. The van der Waals surface area contributed by atoms with Crippen LogP contribution in [0.5, 0.6) is 5.75 Å². The number of ketones is 1. The number of aromatic nitrogens is 2. The van der Waals surface area contributed by atoms with Crippen LogP contribution in [0.2, 0.25) is 0 Å². The van der Waals surface area contributed by atoms with Crippen molar-refractivity contribution in [1.82, 2.24) is 9.55 Å². The molecule has 0 atom stereocenters. The van der Waals surface area contributed by atoms with E-state index in [0.29, 0.717) is 12.4 Å². The van der Waals surface area contributed by atoms with Crippen LogP contribution < -0.4 is 4.74 Å². The number of imidazole rings is 1. The summed E-state index contributed by atoms with van der Waals surface area (Å²) in [6.45, 7) is 0.340. The van der Waals surface area contributed by atoms with Gasteiger partial charge < -0.3 is 9.30 Å². The van der Waals surface area contributed by atoms with Crippen LogP contribution in [0.1, 0.15) is 21.7 Å². The second kappa shape index (κ2) is 6.44. The first-order valence-electron chi connectivity index (χ1n) is 7.13. The largest absolute Gasteiger partial charge is 0.489 e. The van der Waals surface area contributed by atoms with Crippen LogP contribution in [0, 0.1) is 5.82 Å². The van der Waals surface area contributed by atoms with Crippen molar-refractivity contribution in [2.24, 2.45) is 7.05 Å². The molecule has 23 heavy (non-hydrogen) atoms. The van der Waals surface area contributed by atoms with Crippen LogP contribution in [-0.2, 0) is 13.7 Å². The molecule has 3 aromatic rings. The molecule has 5 heteroatoms. The van der Waals surface area contributed by atoms with Gasteiger partial charge >= 0.3 is 0 Å². The summed E-state index contributed by atoms with van der Waals surface area (Å²) in [7, 11) is 1.69. The lowest BCUT2D eigenvalue weighted by molar-refractivity contribution is 0.102. The summed E-state index contributed by atoms with van der Waals surface area (Å²) in [5.41, 5.74) is 0.965. The van der Waals surface area contributed by atoms with Gasteiger partial charge in [-0.2, -0.15) is 0 Å². The van der Waals surface area contributed by atoms with Gasteiger partial charge in [0, 0.05) is 25.5 Å². The van der Waals surface area contributed by atoms with Crippen LogP contribution in [-0.4, -0.2) is 15.3 Å². The van der Waals surface area contributed by atoms with E-state index >= 15 is 0 Å². The van der Waals surface area contributed by atoms with E-state index in [1.165, 1.54) is 18.3 Å². The summed E-state index contributed by atoms with van der Waals surface area (Å²) >= 11 is 0. The van der Waals surface area contributed by atoms with Crippen molar-refractivity contribution in [1.29, 1.82) is 0 Å². The first-order chi connectivity index (χ1) is 11.1. The molecule has 0 amide bonds. The van der Waals surface area contributed by atoms with Gasteiger partial charge in [0.25, 0.3) is 0 Å². The Bertz CT molecular complexity index is 828. The topological polar surface area (TPSA) is 44.1 Å². The highest BCUT2D eigenvalue weighted by Gasteiger charge is 2.18. The molecule has 0 aliphatic carbocycles. The summed E-state index contributed by atoms with van der Waals surface area (Å²) in [4.78, 5) is 16.2. The van der Waals surface area contributed by atoms with Crippen molar-refractivity contribution in [3.05, 3.63) is 83.7 Å². The highest BCUT2D eigenvalue weighted by atomic mass is 19.1. The Labute approximate surface area is 133 Å². The third-order valence-electron chi connectivity index (χ3n) is 3.46. The minimum absolute atomic E-state index is 0.0219. The SMILES string of the molecule is Cn1ccnc1C(=O)c1ccc(OCc2ccccc2)cc1F. The van der Waals surface area contributed by atoms with Crippen molar-refractivity contribution in [2.45, 2.75) is 6.61 Å². The van der Waals surface area contributed by atoms with E-state index in [1.54, 1.807) is 23.9 Å². The van der Waals surface area contributed by atoms with E-state index in [0.717, 1.165) is 5.56 Å². The number of ether oxygens (including phenoxy) is 1. The van der Waals surface area contributed by atoms with Crippen molar-refractivity contribution >= 4 is 5.78 Å². The predicted octanol–water partition coefficient (Wildman–Crippen LogP) is 3.37. The fourth-order valence-electron chi connectivity index (χ4n) is 2.22. The Balaban J connectivity index is 1.76. The molecule has 0 aliphatic heterocycles. The third-order valence-corrected chi connectivity index (χ3v) is 3.46. The monoisotopic (exact) mass is 310 g/mol. The molecular formula is C18H15FN2O2. The number of benzene rings is 2. The van der Waals surface area contributed by atoms with Gasteiger partial charge in [0.15, 0.2) is 5.82 Å². The van der Waals surface area contributed by atoms with E-state index in [-0.39, 0.29) is 11.4 Å². The van der Waals surface area contributed by atoms with Crippen LogP contribution in [0.25, 0.3) is 0 Å². The number of rotatable bonds is 5. The van der Waals surface area contributed by atoms with Crippen LogP contribution in [0.3, 0.4) is 0 Å². The van der Waals surface area contributed by atoms with Crippen LogP contribution in [0.4, 0.5) is 4.39 Å². The van der Waals surface area contributed by atoms with E-state index in [9.17, 15) is 9.18 Å². The van der Waals surface area contributed by atoms with Gasteiger partial charge in [-0.15, -0.1) is 0 Å². The first kappa shape index (κ1) is 15.0. The van der Waals surface area contributed by atoms with Gasteiger partial charge in [0.1, 0.15) is 18.2 Å². The minimum atomic E-state index is -0.622. The first-order valence-corrected chi connectivity index (χ1v) is 7.13. The van der Waals surface area contributed by atoms with Gasteiger partial charge in [0.05, 0.1) is 5.56 Å². The molecule has 116 valence electrons. The van der Waals surface area contributed by atoms with E-state index in [1.807, 2.05) is 30.3 Å². The molecular weight excluding hydrogens is 295 g/mol. The standard InChI is InChI=1S/C18H15FN2O2/c1-21-10-9-20-18(21)17(22)15-8-7-14(11-16(15)19)23-12-13-5-3-2-4-6-13/h2-11H,12H2,1H3. The Morgan fingerprint density at radius 3 is 2.65 bits per heavy atom. The summed E-state index contributed by atoms with van der Waals surface area (Å²) in [5, 5.41) is 0. The molecule has 3 rings (SSSR count). The summed E-state index contributed by atoms with van der Waals surface area (Å²) in [6, 6.07) is 13.8. The van der Waals surface area contributed by atoms with Gasteiger partial charge in [0.2, 0.25) is 5.78 Å². The van der Waals surface area contributed by atoms with E-state index in [2.05, 4.69) is 4.98 Å². The van der Waals surface area contributed by atoms with Crippen molar-refractivity contribution < 1.29 is 13.9 Å². The average molecular weight is 310 g/mol. The molecule has 1 aromatic heterocycles. The Kier molecular flexibility index (Phi) is 4.19. The lowest BCUT2D eigenvalue weighted by atomic mass is 10.1. The summed E-state index contributed by atoms with van der Waals surface area (Å²) in [6.07, 6.45) is 3.14. The number of carbonyl (C=O) groups is 1. The number of halogens is 1. The lowest BCUT2D eigenvalue weighted by Crippen LogP contribution is -2.10. The summed E-state index contributed by atoms with van der Waals surface area (Å²) in [5.74, 6) is -0.502. The fourth-order valence-corrected chi connectivity index (χ4v) is 2.22. The highest BCUT2D eigenvalue weighted by Crippen LogP contribution is 2.20. The second-order valence-electron chi connectivity index (χ2n) is 5.11. The maximum Gasteiger partial charge on any atom is 0.231 e. The summed E-state index contributed by atoms with van der Waals surface area (Å²) < 4.78 is 21.3. The molecule has 0 spiro atoms. The van der Waals surface area contributed by atoms with Gasteiger partial charge in [-0.05, 0) is 17.7 Å². The Morgan fingerprint density at radius 1 is 1.22 bits per heavy atom. The maximum atomic E-state index is 14.2. The molecule has 0 saturated carbocycles. The number of hydrogen-bond acceptors (Lipinski definition) is 3. The van der Waals surface area contributed by atoms with Gasteiger partial charge in [-0.3, -0.25) is 4.79 Å². The quantitative estimate of drug-likeness (QED) is 0.679. The smallest absolute Gasteiger partial charge is 0.231 e. The Hall–Kier alpha value is -2.95. The molecule has 0 aliphatic rings. The molecule has 2 aromatic carbocycles.